The third-order valence-corrected chi connectivity index (χ3v) is 4.94. The van der Waals surface area contributed by atoms with E-state index in [9.17, 15) is 9.90 Å². The molecule has 15 heavy (non-hydrogen) atoms. The van der Waals surface area contributed by atoms with Gasteiger partial charge in [-0.25, -0.2) is 0 Å². The fourth-order valence-corrected chi connectivity index (χ4v) is 4.66. The van der Waals surface area contributed by atoms with Crippen LogP contribution in [0.1, 0.15) is 32.1 Å². The summed E-state index contributed by atoms with van der Waals surface area (Å²) in [6, 6.07) is -0.790. The topological polar surface area (TPSA) is 83.6 Å². The standard InChI is InChI=1S/C11H17NO3/c12-8(9(13)14)11-3-6-1-7(11)4-10(15,2-6)5-11/h6-8,15H,1-5,12H2,(H,13,14)/t6?,7?,8-,10?,11?/m1/s1. The lowest BCUT2D eigenvalue weighted by Gasteiger charge is -2.39. The van der Waals surface area contributed by atoms with Crippen LogP contribution < -0.4 is 5.73 Å². The van der Waals surface area contributed by atoms with E-state index in [2.05, 4.69) is 0 Å². The van der Waals surface area contributed by atoms with Gasteiger partial charge in [-0.2, -0.15) is 0 Å². The summed E-state index contributed by atoms with van der Waals surface area (Å²) < 4.78 is 0. The Kier molecular flexibility index (Phi) is 1.63. The molecule has 0 amide bonds. The van der Waals surface area contributed by atoms with Crippen molar-refractivity contribution >= 4 is 5.97 Å². The Labute approximate surface area is 88.5 Å². The molecule has 4 aliphatic rings. The molecule has 0 aromatic carbocycles. The smallest absolute Gasteiger partial charge is 0.321 e. The first-order valence-corrected chi connectivity index (χ1v) is 5.66. The zero-order chi connectivity index (χ0) is 10.8. The Morgan fingerprint density at radius 2 is 2.13 bits per heavy atom. The second-order valence-electron chi connectivity index (χ2n) is 5.86. The number of nitrogens with two attached hydrogens (primary N) is 1. The van der Waals surface area contributed by atoms with E-state index in [1.54, 1.807) is 0 Å². The van der Waals surface area contributed by atoms with E-state index in [-0.39, 0.29) is 5.41 Å². The predicted octanol–water partition coefficient (Wildman–Crippen LogP) is 0.339. The summed E-state index contributed by atoms with van der Waals surface area (Å²) in [5.41, 5.74) is 4.93. The number of carbonyl (C=O) groups is 1. The van der Waals surface area contributed by atoms with E-state index >= 15 is 0 Å². The molecule has 4 rings (SSSR count). The molecule has 4 nitrogen and oxygen atoms in total. The highest BCUT2D eigenvalue weighted by atomic mass is 16.4. The van der Waals surface area contributed by atoms with Crippen LogP contribution in [0.2, 0.25) is 0 Å². The zero-order valence-electron chi connectivity index (χ0n) is 8.65. The Balaban J connectivity index is 1.98. The molecule has 4 bridgehead atoms. The van der Waals surface area contributed by atoms with Crippen LogP contribution in [0.5, 0.6) is 0 Å². The van der Waals surface area contributed by atoms with Gasteiger partial charge >= 0.3 is 5.97 Å². The minimum Gasteiger partial charge on any atom is -0.480 e. The number of rotatable bonds is 2. The Morgan fingerprint density at radius 1 is 1.40 bits per heavy atom. The number of hydrogen-bond donors (Lipinski definition) is 3. The highest BCUT2D eigenvalue weighted by Crippen LogP contribution is 2.67. The molecule has 0 saturated heterocycles. The van der Waals surface area contributed by atoms with E-state index in [0.717, 1.165) is 25.7 Å². The second kappa shape index (κ2) is 2.55. The van der Waals surface area contributed by atoms with Crippen LogP contribution in [0.25, 0.3) is 0 Å². The summed E-state index contributed by atoms with van der Waals surface area (Å²) in [7, 11) is 0. The van der Waals surface area contributed by atoms with Crippen LogP contribution in [0.3, 0.4) is 0 Å². The van der Waals surface area contributed by atoms with Crippen molar-refractivity contribution in [1.29, 1.82) is 0 Å². The third-order valence-electron chi connectivity index (χ3n) is 4.94. The summed E-state index contributed by atoms with van der Waals surface area (Å²) in [4.78, 5) is 11.0. The molecule has 0 aromatic heterocycles. The molecule has 4 fully saturated rings. The van der Waals surface area contributed by atoms with Gasteiger partial charge in [-0.05, 0) is 43.9 Å². The summed E-state index contributed by atoms with van der Waals surface area (Å²) in [6.45, 7) is 0. The van der Waals surface area contributed by atoms with E-state index in [1.807, 2.05) is 0 Å². The minimum atomic E-state index is -0.910. The highest BCUT2D eigenvalue weighted by Gasteiger charge is 2.66. The van der Waals surface area contributed by atoms with Gasteiger partial charge in [0.25, 0.3) is 0 Å². The predicted molar refractivity (Wildman–Crippen MR) is 53.1 cm³/mol. The molecule has 4 heteroatoms. The van der Waals surface area contributed by atoms with Crippen LogP contribution >= 0.6 is 0 Å². The number of carboxylic acids is 1. The lowest BCUT2D eigenvalue weighted by Crippen LogP contribution is -2.49. The van der Waals surface area contributed by atoms with Gasteiger partial charge in [0.05, 0.1) is 5.60 Å². The van der Waals surface area contributed by atoms with Gasteiger partial charge < -0.3 is 15.9 Å². The minimum absolute atomic E-state index is 0.302. The quantitative estimate of drug-likeness (QED) is 0.615. The largest absolute Gasteiger partial charge is 0.480 e. The normalized spacial score (nSPS) is 53.5. The van der Waals surface area contributed by atoms with E-state index in [1.165, 1.54) is 0 Å². The molecular formula is C11H17NO3. The average Bonchev–Trinajstić information content (AvgIpc) is 2.47. The molecule has 0 radical (unpaired) electrons. The van der Waals surface area contributed by atoms with Crippen LogP contribution in [-0.4, -0.2) is 27.8 Å². The molecule has 0 heterocycles. The first kappa shape index (κ1) is 9.60. The molecule has 4 aliphatic carbocycles. The number of carboxylic acid groups (broad SMARTS) is 1. The molecule has 0 aliphatic heterocycles. The molecule has 4 saturated carbocycles. The monoisotopic (exact) mass is 211 g/mol. The molecular weight excluding hydrogens is 194 g/mol. The maximum Gasteiger partial charge on any atom is 0.321 e. The van der Waals surface area contributed by atoms with Crippen molar-refractivity contribution in [3.8, 4) is 0 Å². The van der Waals surface area contributed by atoms with Crippen LogP contribution in [0.15, 0.2) is 0 Å². The van der Waals surface area contributed by atoms with Crippen molar-refractivity contribution in [1.82, 2.24) is 0 Å². The van der Waals surface area contributed by atoms with Gasteiger partial charge in [0.1, 0.15) is 6.04 Å². The van der Waals surface area contributed by atoms with Gasteiger partial charge in [0.15, 0.2) is 0 Å². The number of aliphatic carboxylic acids is 1. The van der Waals surface area contributed by atoms with Crippen molar-refractivity contribution in [2.45, 2.75) is 43.7 Å². The van der Waals surface area contributed by atoms with Crippen LogP contribution in [0, 0.1) is 17.3 Å². The fraction of sp³-hybridized carbons (Fsp3) is 0.909. The Hall–Kier alpha value is -0.610. The molecule has 0 spiro atoms. The van der Waals surface area contributed by atoms with E-state index in [0.29, 0.717) is 18.3 Å². The van der Waals surface area contributed by atoms with Crippen molar-refractivity contribution in [2.24, 2.45) is 23.0 Å². The summed E-state index contributed by atoms with van der Waals surface area (Å²) in [6.07, 6.45) is 4.22. The first-order chi connectivity index (χ1) is 6.95. The molecule has 5 atom stereocenters. The Bertz CT molecular complexity index is 332. The summed E-state index contributed by atoms with van der Waals surface area (Å²) >= 11 is 0. The van der Waals surface area contributed by atoms with Crippen molar-refractivity contribution in [3.05, 3.63) is 0 Å². The number of aliphatic hydroxyl groups is 1. The van der Waals surface area contributed by atoms with E-state index in [4.69, 9.17) is 10.8 Å². The van der Waals surface area contributed by atoms with Crippen LogP contribution in [-0.2, 0) is 4.79 Å². The van der Waals surface area contributed by atoms with Crippen LogP contribution in [0.4, 0.5) is 0 Å². The van der Waals surface area contributed by atoms with Gasteiger partial charge in [-0.15, -0.1) is 0 Å². The first-order valence-electron chi connectivity index (χ1n) is 5.66. The summed E-state index contributed by atoms with van der Waals surface area (Å²) in [5.74, 6) is -0.0629. The van der Waals surface area contributed by atoms with Crippen molar-refractivity contribution < 1.29 is 15.0 Å². The number of hydrogen-bond acceptors (Lipinski definition) is 3. The molecule has 4 N–H and O–H groups in total. The van der Waals surface area contributed by atoms with Gasteiger partial charge in [0, 0.05) is 5.41 Å². The second-order valence-corrected chi connectivity index (χ2v) is 5.86. The molecule has 4 unspecified atom stereocenters. The highest BCUT2D eigenvalue weighted by molar-refractivity contribution is 5.74. The molecule has 0 aromatic rings. The van der Waals surface area contributed by atoms with Gasteiger partial charge in [0.2, 0.25) is 0 Å². The lowest BCUT2D eigenvalue weighted by molar-refractivity contribution is -0.143. The van der Waals surface area contributed by atoms with Gasteiger partial charge in [-0.3, -0.25) is 4.79 Å². The van der Waals surface area contributed by atoms with E-state index < -0.39 is 17.6 Å². The average molecular weight is 211 g/mol. The maximum absolute atomic E-state index is 11.0. The summed E-state index contributed by atoms with van der Waals surface area (Å²) in [5, 5.41) is 19.3. The maximum atomic E-state index is 11.0. The third kappa shape index (κ3) is 1.06. The van der Waals surface area contributed by atoms with Crippen molar-refractivity contribution in [3.63, 3.8) is 0 Å². The SMILES string of the molecule is N[C@H](C(=O)O)C12CC3CC1CC(O)(C3)C2. The zero-order valence-corrected chi connectivity index (χ0v) is 8.65. The molecule has 84 valence electrons. The van der Waals surface area contributed by atoms with Crippen molar-refractivity contribution in [2.75, 3.05) is 0 Å². The Morgan fingerprint density at radius 3 is 2.73 bits per heavy atom. The van der Waals surface area contributed by atoms with Gasteiger partial charge in [-0.1, -0.05) is 0 Å². The fourth-order valence-electron chi connectivity index (χ4n) is 4.66. The lowest BCUT2D eigenvalue weighted by atomic mass is 9.69.